The topological polar surface area (TPSA) is 26.0 Å². The third kappa shape index (κ3) is 1.33. The van der Waals surface area contributed by atoms with E-state index in [0.717, 1.165) is 10.8 Å². The van der Waals surface area contributed by atoms with Gasteiger partial charge in [-0.05, 0) is 12.1 Å². The van der Waals surface area contributed by atoms with Crippen LogP contribution >= 0.6 is 0 Å². The van der Waals surface area contributed by atoms with Crippen molar-refractivity contribution in [3.05, 3.63) is 30.5 Å². The standard InChI is InChI=1S/C10H11N2O/c1-12-7-8-5-3-4-6-9(8)10(11-12)13-2/h3-7H,1-2H3/q+1. The molecule has 0 bridgehead atoms. The number of fused-ring (bicyclic) bond motifs is 1. The number of ether oxygens (including phenoxy) is 1. The van der Waals surface area contributed by atoms with Gasteiger partial charge >= 0.3 is 0 Å². The van der Waals surface area contributed by atoms with E-state index in [9.17, 15) is 0 Å². The minimum atomic E-state index is 0.667. The van der Waals surface area contributed by atoms with E-state index in [1.165, 1.54) is 0 Å². The van der Waals surface area contributed by atoms with Gasteiger partial charge in [0.2, 0.25) is 6.20 Å². The van der Waals surface area contributed by atoms with Crippen molar-refractivity contribution in [3.8, 4) is 5.88 Å². The van der Waals surface area contributed by atoms with Crippen molar-refractivity contribution in [3.63, 3.8) is 0 Å². The molecule has 0 aliphatic carbocycles. The molecule has 0 spiro atoms. The molecule has 0 aliphatic rings. The van der Waals surface area contributed by atoms with Crippen LogP contribution in [0.3, 0.4) is 0 Å². The van der Waals surface area contributed by atoms with Gasteiger partial charge in [-0.2, -0.15) is 0 Å². The first-order valence-electron chi connectivity index (χ1n) is 4.11. The molecule has 3 heteroatoms. The zero-order valence-corrected chi connectivity index (χ0v) is 7.69. The second kappa shape index (κ2) is 3.01. The third-order valence-electron chi connectivity index (χ3n) is 1.96. The maximum atomic E-state index is 5.18. The number of aromatic nitrogens is 2. The molecule has 2 aromatic rings. The molecule has 1 aromatic heterocycles. The van der Waals surface area contributed by atoms with Crippen molar-refractivity contribution in [2.24, 2.45) is 7.05 Å². The Morgan fingerprint density at radius 3 is 2.85 bits per heavy atom. The van der Waals surface area contributed by atoms with Gasteiger partial charge in [0.15, 0.2) is 7.05 Å². The summed E-state index contributed by atoms with van der Waals surface area (Å²) in [6, 6.07) is 8.02. The Morgan fingerprint density at radius 1 is 1.31 bits per heavy atom. The van der Waals surface area contributed by atoms with Crippen molar-refractivity contribution in [1.29, 1.82) is 0 Å². The van der Waals surface area contributed by atoms with Crippen molar-refractivity contribution >= 4 is 10.8 Å². The van der Waals surface area contributed by atoms with E-state index in [0.29, 0.717) is 5.88 Å². The molecule has 0 saturated carbocycles. The average Bonchev–Trinajstić information content (AvgIpc) is 2.16. The molecule has 0 saturated heterocycles. The molecule has 0 radical (unpaired) electrons. The molecule has 1 heterocycles. The van der Waals surface area contributed by atoms with E-state index in [1.54, 1.807) is 11.8 Å². The Morgan fingerprint density at radius 2 is 2.08 bits per heavy atom. The van der Waals surface area contributed by atoms with Crippen LogP contribution in [0.15, 0.2) is 30.5 Å². The Labute approximate surface area is 76.6 Å². The molecule has 66 valence electrons. The first-order valence-corrected chi connectivity index (χ1v) is 4.11. The number of hydrogen-bond acceptors (Lipinski definition) is 2. The normalized spacial score (nSPS) is 10.3. The zero-order chi connectivity index (χ0) is 9.26. The Balaban J connectivity index is 2.81. The molecule has 0 N–H and O–H groups in total. The average molecular weight is 175 g/mol. The van der Waals surface area contributed by atoms with Crippen LogP contribution in [0.25, 0.3) is 10.8 Å². The molecule has 3 nitrogen and oxygen atoms in total. The lowest BCUT2D eigenvalue weighted by molar-refractivity contribution is -0.729. The highest BCUT2D eigenvalue weighted by Crippen LogP contribution is 2.19. The predicted molar refractivity (Wildman–Crippen MR) is 49.5 cm³/mol. The molecule has 0 unspecified atom stereocenters. The van der Waals surface area contributed by atoms with E-state index in [1.807, 2.05) is 37.5 Å². The third-order valence-corrected chi connectivity index (χ3v) is 1.96. The summed E-state index contributed by atoms with van der Waals surface area (Å²) in [5, 5.41) is 6.39. The monoisotopic (exact) mass is 175 g/mol. The van der Waals surface area contributed by atoms with Gasteiger partial charge in [-0.25, -0.2) is 0 Å². The van der Waals surface area contributed by atoms with Crippen LogP contribution in [-0.4, -0.2) is 12.2 Å². The summed E-state index contributed by atoms with van der Waals surface area (Å²) >= 11 is 0. The van der Waals surface area contributed by atoms with Gasteiger partial charge in [0.25, 0.3) is 5.88 Å². The molecular weight excluding hydrogens is 164 g/mol. The summed E-state index contributed by atoms with van der Waals surface area (Å²) < 4.78 is 6.93. The number of rotatable bonds is 1. The van der Waals surface area contributed by atoms with E-state index >= 15 is 0 Å². The van der Waals surface area contributed by atoms with E-state index in [4.69, 9.17) is 4.74 Å². The fourth-order valence-electron chi connectivity index (χ4n) is 1.38. The van der Waals surface area contributed by atoms with Crippen molar-refractivity contribution in [2.45, 2.75) is 0 Å². The summed E-state index contributed by atoms with van der Waals surface area (Å²) in [5.74, 6) is 0.667. The van der Waals surface area contributed by atoms with Gasteiger partial charge in [-0.3, -0.25) is 0 Å². The van der Waals surface area contributed by atoms with E-state index < -0.39 is 0 Å². The van der Waals surface area contributed by atoms with Gasteiger partial charge in [0.1, 0.15) is 0 Å². The quantitative estimate of drug-likeness (QED) is 0.606. The van der Waals surface area contributed by atoms with Crippen LogP contribution < -0.4 is 9.42 Å². The molecule has 0 fully saturated rings. The largest absolute Gasteiger partial charge is 0.477 e. The Hall–Kier alpha value is -1.64. The van der Waals surface area contributed by atoms with Gasteiger partial charge in [-0.15, -0.1) is 0 Å². The van der Waals surface area contributed by atoms with Crippen molar-refractivity contribution in [1.82, 2.24) is 5.10 Å². The summed E-state index contributed by atoms with van der Waals surface area (Å²) in [6.45, 7) is 0. The smallest absolute Gasteiger partial charge is 0.286 e. The highest BCUT2D eigenvalue weighted by atomic mass is 16.5. The van der Waals surface area contributed by atoms with Crippen molar-refractivity contribution in [2.75, 3.05) is 7.11 Å². The lowest BCUT2D eigenvalue weighted by atomic mass is 10.2. The number of methoxy groups -OCH3 is 1. The summed E-state index contributed by atoms with van der Waals surface area (Å²) in [7, 11) is 3.52. The van der Waals surface area contributed by atoms with Gasteiger partial charge in [0, 0.05) is 5.10 Å². The van der Waals surface area contributed by atoms with Gasteiger partial charge in [0.05, 0.1) is 17.9 Å². The molecule has 1 aromatic carbocycles. The first-order chi connectivity index (χ1) is 6.31. The first kappa shape index (κ1) is 7.98. The highest BCUT2D eigenvalue weighted by Gasteiger charge is 2.07. The van der Waals surface area contributed by atoms with E-state index in [2.05, 4.69) is 5.10 Å². The van der Waals surface area contributed by atoms with Crippen LogP contribution in [0.4, 0.5) is 0 Å². The number of aryl methyl sites for hydroxylation is 1. The molecule has 13 heavy (non-hydrogen) atoms. The number of benzene rings is 1. The summed E-state index contributed by atoms with van der Waals surface area (Å²) in [5.41, 5.74) is 0. The second-order valence-electron chi connectivity index (χ2n) is 2.90. The number of hydrogen-bond donors (Lipinski definition) is 0. The van der Waals surface area contributed by atoms with Crippen LogP contribution in [0.1, 0.15) is 0 Å². The maximum Gasteiger partial charge on any atom is 0.286 e. The Kier molecular flexibility index (Phi) is 1.85. The number of nitrogens with zero attached hydrogens (tertiary/aromatic N) is 2. The minimum absolute atomic E-state index is 0.667. The van der Waals surface area contributed by atoms with Crippen LogP contribution in [-0.2, 0) is 7.05 Å². The lowest BCUT2D eigenvalue weighted by Gasteiger charge is -1.99. The SMILES string of the molecule is COc1n[n+](C)cc2ccccc12. The predicted octanol–water partition coefficient (Wildman–Crippen LogP) is 1.07. The minimum Gasteiger partial charge on any atom is -0.477 e. The lowest BCUT2D eigenvalue weighted by Crippen LogP contribution is -2.32. The fraction of sp³-hybridized carbons (Fsp3) is 0.200. The molecule has 0 amide bonds. The van der Waals surface area contributed by atoms with Crippen molar-refractivity contribution < 1.29 is 9.42 Å². The fourth-order valence-corrected chi connectivity index (χ4v) is 1.38. The van der Waals surface area contributed by atoms with Crippen LogP contribution in [0.2, 0.25) is 0 Å². The zero-order valence-electron chi connectivity index (χ0n) is 7.69. The second-order valence-corrected chi connectivity index (χ2v) is 2.90. The van der Waals surface area contributed by atoms with Crippen LogP contribution in [0, 0.1) is 0 Å². The Bertz CT molecular complexity index is 440. The van der Waals surface area contributed by atoms with E-state index in [-0.39, 0.29) is 0 Å². The summed E-state index contributed by atoms with van der Waals surface area (Å²) in [4.78, 5) is 0. The highest BCUT2D eigenvalue weighted by molar-refractivity contribution is 5.85. The van der Waals surface area contributed by atoms with Gasteiger partial charge < -0.3 is 4.74 Å². The van der Waals surface area contributed by atoms with Gasteiger partial charge in [-0.1, -0.05) is 16.8 Å². The van der Waals surface area contributed by atoms with Crippen LogP contribution in [0.5, 0.6) is 5.88 Å². The molecule has 0 atom stereocenters. The summed E-state index contributed by atoms with van der Waals surface area (Å²) in [6.07, 6.45) is 1.97. The maximum absolute atomic E-state index is 5.18. The molecular formula is C10H11N2O+. The molecule has 0 aliphatic heterocycles. The molecule has 2 rings (SSSR count).